The van der Waals surface area contributed by atoms with Crippen molar-refractivity contribution in [2.24, 2.45) is 11.7 Å². The fraction of sp³-hybridized carbons (Fsp3) is 0.548. The van der Waals surface area contributed by atoms with Crippen LogP contribution in [-0.4, -0.2) is 70.6 Å². The van der Waals surface area contributed by atoms with Crippen LogP contribution in [0.3, 0.4) is 0 Å². The summed E-state index contributed by atoms with van der Waals surface area (Å²) in [5, 5.41) is 16.1. The van der Waals surface area contributed by atoms with Crippen molar-refractivity contribution in [3.8, 4) is 0 Å². The first-order valence-electron chi connectivity index (χ1n) is 14.3. The summed E-state index contributed by atoms with van der Waals surface area (Å²) in [6.07, 6.45) is 12.5. The van der Waals surface area contributed by atoms with E-state index in [1.807, 2.05) is 6.07 Å². The maximum absolute atomic E-state index is 12.9. The number of H-pyrrole nitrogens is 1. The molecule has 2 atom stereocenters. The number of nitrogens with one attached hydrogen (secondary N) is 1. The van der Waals surface area contributed by atoms with Crippen molar-refractivity contribution < 1.29 is 4.79 Å². The molecule has 1 heterocycles. The summed E-state index contributed by atoms with van der Waals surface area (Å²) in [6, 6.07) is 6.22. The molecule has 8 heteroatoms. The molecular weight excluding hydrogens is 486 g/mol. The summed E-state index contributed by atoms with van der Waals surface area (Å²) >= 11 is 0. The maximum atomic E-state index is 12.9. The van der Waals surface area contributed by atoms with E-state index in [1.54, 1.807) is 19.0 Å². The highest BCUT2D eigenvalue weighted by molar-refractivity contribution is 5.94. The Hall–Kier alpha value is -3.26. The Balaban J connectivity index is 1.68. The molecule has 0 aliphatic heterocycles. The van der Waals surface area contributed by atoms with E-state index in [2.05, 4.69) is 64.4 Å². The third kappa shape index (κ3) is 5.19. The first-order valence-corrected chi connectivity index (χ1v) is 14.3. The van der Waals surface area contributed by atoms with Crippen molar-refractivity contribution >= 4 is 5.91 Å². The van der Waals surface area contributed by atoms with Gasteiger partial charge in [-0.15, -0.1) is 10.2 Å². The van der Waals surface area contributed by atoms with Crippen molar-refractivity contribution in [1.29, 1.82) is 0 Å². The number of fused-ring (bicyclic) bond motifs is 1. The molecule has 1 amide bonds. The summed E-state index contributed by atoms with van der Waals surface area (Å²) < 4.78 is 0. The predicted octanol–water partition coefficient (Wildman–Crippen LogP) is 4.52. The summed E-state index contributed by atoms with van der Waals surface area (Å²) in [5.74, 6) is 1.20. The van der Waals surface area contributed by atoms with Crippen molar-refractivity contribution in [1.82, 2.24) is 30.4 Å². The molecule has 0 spiro atoms. The fourth-order valence-electron chi connectivity index (χ4n) is 6.99. The highest BCUT2D eigenvalue weighted by Crippen LogP contribution is 2.52. The number of nitrogens with zero attached hydrogens (tertiary/aromatic N) is 5. The highest BCUT2D eigenvalue weighted by atomic mass is 16.2. The summed E-state index contributed by atoms with van der Waals surface area (Å²) in [5.41, 5.74) is 14.8. The lowest BCUT2D eigenvalue weighted by Crippen LogP contribution is -2.42. The summed E-state index contributed by atoms with van der Waals surface area (Å²) in [6.45, 7) is 4.28. The van der Waals surface area contributed by atoms with Crippen molar-refractivity contribution in [3.05, 3.63) is 75.8 Å². The Morgan fingerprint density at radius 3 is 2.56 bits per heavy atom. The summed E-state index contributed by atoms with van der Waals surface area (Å²) in [4.78, 5) is 16.7. The molecule has 1 fully saturated rings. The molecule has 208 valence electrons. The van der Waals surface area contributed by atoms with Crippen LogP contribution in [0.1, 0.15) is 85.1 Å². The zero-order valence-corrected chi connectivity index (χ0v) is 24.0. The Morgan fingerprint density at radius 2 is 1.90 bits per heavy atom. The molecule has 3 N–H and O–H groups in total. The van der Waals surface area contributed by atoms with E-state index in [4.69, 9.17) is 5.73 Å². The van der Waals surface area contributed by atoms with Crippen LogP contribution in [0.25, 0.3) is 0 Å². The van der Waals surface area contributed by atoms with E-state index in [9.17, 15) is 4.79 Å². The number of aromatic amines is 1. The zero-order chi connectivity index (χ0) is 27.7. The Kier molecular flexibility index (Phi) is 7.76. The van der Waals surface area contributed by atoms with Gasteiger partial charge < -0.3 is 15.5 Å². The molecule has 8 nitrogen and oxygen atoms in total. The van der Waals surface area contributed by atoms with E-state index < -0.39 is 5.41 Å². The van der Waals surface area contributed by atoms with Gasteiger partial charge in [0.25, 0.3) is 5.91 Å². The number of tetrazole rings is 1. The van der Waals surface area contributed by atoms with E-state index in [0.717, 1.165) is 44.2 Å². The van der Waals surface area contributed by atoms with E-state index in [-0.39, 0.29) is 11.9 Å². The van der Waals surface area contributed by atoms with E-state index in [0.29, 0.717) is 17.3 Å². The van der Waals surface area contributed by atoms with Gasteiger partial charge in [0, 0.05) is 51.9 Å². The van der Waals surface area contributed by atoms with Gasteiger partial charge in [0.2, 0.25) is 0 Å². The SMILES string of the molecule is C=C(CC1=CC2=C(CC1)C(CC(N)C1CCCC1)(c1nn[nH]n1)c1ccc(C(=O)N(C)C)cc1CC2)N(C)C. The number of rotatable bonds is 8. The molecule has 39 heavy (non-hydrogen) atoms. The second-order valence-electron chi connectivity index (χ2n) is 12.1. The molecule has 2 aromatic rings. The van der Waals surface area contributed by atoms with E-state index in [1.165, 1.54) is 53.5 Å². The monoisotopic (exact) mass is 529 g/mol. The largest absolute Gasteiger partial charge is 0.381 e. The number of aryl methyl sites for hydroxylation is 1. The van der Waals surface area contributed by atoms with Crippen molar-refractivity contribution in [3.63, 3.8) is 0 Å². The first-order chi connectivity index (χ1) is 18.7. The average molecular weight is 530 g/mol. The summed E-state index contributed by atoms with van der Waals surface area (Å²) in [7, 11) is 7.70. The molecule has 3 aliphatic rings. The molecule has 1 aromatic carbocycles. The smallest absolute Gasteiger partial charge is 0.253 e. The average Bonchev–Trinajstić information content (AvgIpc) is 3.64. The second kappa shape index (κ2) is 11.1. The zero-order valence-electron chi connectivity index (χ0n) is 24.0. The minimum atomic E-state index is -0.587. The van der Waals surface area contributed by atoms with Gasteiger partial charge in [0.05, 0.1) is 5.41 Å². The third-order valence-corrected chi connectivity index (χ3v) is 9.20. The molecule has 1 saturated carbocycles. The van der Waals surface area contributed by atoms with Crippen LogP contribution < -0.4 is 5.73 Å². The van der Waals surface area contributed by atoms with Gasteiger partial charge in [-0.1, -0.05) is 42.3 Å². The topological polar surface area (TPSA) is 104 Å². The van der Waals surface area contributed by atoms with Crippen LogP contribution >= 0.6 is 0 Å². The van der Waals surface area contributed by atoms with Crippen LogP contribution in [0.2, 0.25) is 0 Å². The quantitative estimate of drug-likeness (QED) is 0.521. The molecular formula is C31H43N7O. The predicted molar refractivity (Wildman–Crippen MR) is 154 cm³/mol. The number of carbonyl (C=O) groups is 1. The van der Waals surface area contributed by atoms with Crippen LogP contribution in [0.4, 0.5) is 0 Å². The number of benzene rings is 1. The van der Waals surface area contributed by atoms with Gasteiger partial charge in [0.15, 0.2) is 5.82 Å². The molecule has 0 bridgehead atoms. The molecule has 0 saturated heterocycles. The molecule has 2 unspecified atom stereocenters. The number of amides is 1. The number of hydrogen-bond acceptors (Lipinski definition) is 6. The Labute approximate surface area is 232 Å². The van der Waals surface area contributed by atoms with Crippen LogP contribution in [0, 0.1) is 5.92 Å². The lowest BCUT2D eigenvalue weighted by atomic mass is 9.64. The highest BCUT2D eigenvalue weighted by Gasteiger charge is 2.48. The van der Waals surface area contributed by atoms with Gasteiger partial charge in [-0.2, -0.15) is 5.21 Å². The Bertz CT molecular complexity index is 1280. The van der Waals surface area contributed by atoms with Crippen LogP contribution in [0.5, 0.6) is 0 Å². The van der Waals surface area contributed by atoms with Crippen molar-refractivity contribution in [2.45, 2.75) is 75.7 Å². The first kappa shape index (κ1) is 27.3. The molecule has 0 radical (unpaired) electrons. The number of aromatic nitrogens is 4. The lowest BCUT2D eigenvalue weighted by Gasteiger charge is -2.40. The number of carbonyl (C=O) groups excluding carboxylic acids is 1. The van der Waals surface area contributed by atoms with Gasteiger partial charge in [-0.05, 0) is 85.3 Å². The number of nitrogens with two attached hydrogens (primary N) is 1. The number of allylic oxidation sites excluding steroid dienone is 4. The van der Waals surface area contributed by atoms with Gasteiger partial charge in [-0.25, -0.2) is 0 Å². The molecule has 3 aliphatic carbocycles. The van der Waals surface area contributed by atoms with Gasteiger partial charge in [-0.3, -0.25) is 4.79 Å². The fourth-order valence-corrected chi connectivity index (χ4v) is 6.99. The standard InChI is InChI=1S/C31H43N7O/c1-20(37(2)3)16-21-10-14-26-23(17-21)11-12-24-18-25(29(39)38(4)5)13-15-27(24)31(26,30-33-35-36-34-30)19-28(32)22-8-6-7-9-22/h13,15,17-18,22,28H,1,6-12,14,16,19,32H2,2-5H3,(H,33,34,35,36). The minimum Gasteiger partial charge on any atom is -0.381 e. The maximum Gasteiger partial charge on any atom is 0.253 e. The van der Waals surface area contributed by atoms with Crippen molar-refractivity contribution in [2.75, 3.05) is 28.2 Å². The number of hydrogen-bond donors (Lipinski definition) is 2. The second-order valence-corrected chi connectivity index (χ2v) is 12.1. The van der Waals surface area contributed by atoms with E-state index >= 15 is 0 Å². The lowest BCUT2D eigenvalue weighted by molar-refractivity contribution is 0.0827. The molecule has 1 aromatic heterocycles. The normalized spacial score (nSPS) is 22.0. The minimum absolute atomic E-state index is 0.0111. The van der Waals surface area contributed by atoms with Crippen LogP contribution in [0.15, 0.2) is 53.3 Å². The van der Waals surface area contributed by atoms with Gasteiger partial charge >= 0.3 is 0 Å². The van der Waals surface area contributed by atoms with Gasteiger partial charge in [0.1, 0.15) is 0 Å². The third-order valence-electron chi connectivity index (χ3n) is 9.20. The van der Waals surface area contributed by atoms with Crippen LogP contribution in [-0.2, 0) is 11.8 Å². The molecule has 5 rings (SSSR count). The Morgan fingerprint density at radius 1 is 1.13 bits per heavy atom.